The first-order valence-electron chi connectivity index (χ1n) is 3.31. The fourth-order valence-electron chi connectivity index (χ4n) is 0.719. The molecule has 0 saturated carbocycles. The molecule has 0 radical (unpaired) electrons. The number of rotatable bonds is 3. The van der Waals surface area contributed by atoms with Crippen LogP contribution in [0.25, 0.3) is 0 Å². The molecule has 72 valence electrons. The molecule has 1 rings (SSSR count). The molecule has 0 aliphatic heterocycles. The van der Waals surface area contributed by atoms with Crippen LogP contribution in [-0.2, 0) is 20.1 Å². The molecule has 0 amide bonds. The highest BCUT2D eigenvalue weighted by atomic mass is 35.7. The quantitative estimate of drug-likeness (QED) is 0.763. The van der Waals surface area contributed by atoms with Gasteiger partial charge in [-0.05, 0) is 17.7 Å². The molecule has 0 aliphatic rings. The number of halogens is 2. The van der Waals surface area contributed by atoms with Crippen LogP contribution in [-0.4, -0.2) is 8.42 Å². The highest BCUT2D eigenvalue weighted by Crippen LogP contribution is 2.11. The predicted octanol–water partition coefficient (Wildman–Crippen LogP) is 2.34. The van der Waals surface area contributed by atoms with E-state index in [4.69, 9.17) is 22.3 Å². The Bertz CT molecular complexity index is 371. The Morgan fingerprint density at radius 2 is 1.77 bits per heavy atom. The van der Waals surface area contributed by atoms with Crippen LogP contribution >= 0.6 is 22.3 Å². The summed E-state index contributed by atoms with van der Waals surface area (Å²) in [6.45, 7) is -0.0804. The van der Waals surface area contributed by atoms with Gasteiger partial charge in [-0.2, -0.15) is 8.42 Å². The van der Waals surface area contributed by atoms with Crippen molar-refractivity contribution >= 4 is 31.6 Å². The second-order valence-electron chi connectivity index (χ2n) is 2.28. The van der Waals surface area contributed by atoms with Crippen molar-refractivity contribution < 1.29 is 12.6 Å². The summed E-state index contributed by atoms with van der Waals surface area (Å²) in [5, 5.41) is 0.581. The van der Waals surface area contributed by atoms with E-state index in [2.05, 4.69) is 4.18 Å². The maximum Gasteiger partial charge on any atom is 0.355 e. The van der Waals surface area contributed by atoms with Crippen LogP contribution in [0.2, 0.25) is 5.02 Å². The third-order valence-corrected chi connectivity index (χ3v) is 2.20. The highest BCUT2D eigenvalue weighted by molar-refractivity contribution is 8.09. The fourth-order valence-corrected chi connectivity index (χ4v) is 1.26. The van der Waals surface area contributed by atoms with Crippen molar-refractivity contribution in [2.45, 2.75) is 6.61 Å². The molecule has 0 aliphatic carbocycles. The zero-order valence-corrected chi connectivity index (χ0v) is 8.73. The summed E-state index contributed by atoms with van der Waals surface area (Å²) in [5.41, 5.74) is 0.689. The first-order chi connectivity index (χ1) is 5.97. The average molecular weight is 241 g/mol. The minimum atomic E-state index is -3.89. The van der Waals surface area contributed by atoms with E-state index in [9.17, 15) is 8.42 Å². The normalized spacial score (nSPS) is 11.5. The standard InChI is InChI=1S/C7H6Cl2O3S/c8-7-3-1-6(2-4-7)5-12-13(9,10)11/h1-4H,5H2. The van der Waals surface area contributed by atoms with Crippen LogP contribution in [0, 0.1) is 0 Å². The van der Waals surface area contributed by atoms with E-state index in [0.29, 0.717) is 10.6 Å². The third kappa shape index (κ3) is 4.47. The molecule has 1 aromatic carbocycles. The van der Waals surface area contributed by atoms with Crippen molar-refractivity contribution in [2.75, 3.05) is 0 Å². The van der Waals surface area contributed by atoms with Gasteiger partial charge in [-0.25, -0.2) is 0 Å². The van der Waals surface area contributed by atoms with Crippen molar-refractivity contribution in [3.8, 4) is 0 Å². The maximum atomic E-state index is 10.4. The van der Waals surface area contributed by atoms with Crippen LogP contribution in [0.5, 0.6) is 0 Å². The van der Waals surface area contributed by atoms with Gasteiger partial charge in [-0.3, -0.25) is 4.18 Å². The van der Waals surface area contributed by atoms with Gasteiger partial charge in [-0.15, -0.1) is 0 Å². The monoisotopic (exact) mass is 240 g/mol. The van der Waals surface area contributed by atoms with Crippen LogP contribution in [0.4, 0.5) is 0 Å². The van der Waals surface area contributed by atoms with E-state index < -0.39 is 9.33 Å². The molecule has 0 bridgehead atoms. The maximum absolute atomic E-state index is 10.4. The summed E-state index contributed by atoms with van der Waals surface area (Å²) in [6.07, 6.45) is 0. The number of hydrogen-bond acceptors (Lipinski definition) is 3. The van der Waals surface area contributed by atoms with Gasteiger partial charge in [0.05, 0.1) is 6.61 Å². The third-order valence-electron chi connectivity index (χ3n) is 1.28. The number of hydrogen-bond donors (Lipinski definition) is 0. The Labute approximate surface area is 85.9 Å². The second kappa shape index (κ2) is 4.28. The first kappa shape index (κ1) is 10.8. The molecule has 0 fully saturated rings. The minimum absolute atomic E-state index is 0.0804. The Morgan fingerprint density at radius 3 is 2.23 bits per heavy atom. The van der Waals surface area contributed by atoms with E-state index in [0.717, 1.165) is 0 Å². The summed E-state index contributed by atoms with van der Waals surface area (Å²) >= 11 is 5.62. The Balaban J connectivity index is 2.61. The van der Waals surface area contributed by atoms with E-state index in [1.54, 1.807) is 24.3 Å². The van der Waals surface area contributed by atoms with Gasteiger partial charge < -0.3 is 0 Å². The van der Waals surface area contributed by atoms with Crippen LogP contribution < -0.4 is 0 Å². The van der Waals surface area contributed by atoms with Crippen LogP contribution in [0.15, 0.2) is 24.3 Å². The average Bonchev–Trinajstić information content (AvgIpc) is 2.02. The lowest BCUT2D eigenvalue weighted by Gasteiger charge is -1.99. The Hall–Kier alpha value is -0.290. The largest absolute Gasteiger partial charge is 0.355 e. The zero-order valence-electron chi connectivity index (χ0n) is 6.41. The molecule has 13 heavy (non-hydrogen) atoms. The lowest BCUT2D eigenvalue weighted by atomic mass is 10.2. The van der Waals surface area contributed by atoms with E-state index >= 15 is 0 Å². The lowest BCUT2D eigenvalue weighted by Crippen LogP contribution is -1.97. The molecule has 0 aromatic heterocycles. The van der Waals surface area contributed by atoms with Crippen molar-refractivity contribution in [1.29, 1.82) is 0 Å². The Kier molecular flexibility index (Phi) is 3.55. The van der Waals surface area contributed by atoms with E-state index in [-0.39, 0.29) is 6.61 Å². The van der Waals surface area contributed by atoms with E-state index in [1.807, 2.05) is 0 Å². The van der Waals surface area contributed by atoms with Gasteiger partial charge >= 0.3 is 9.33 Å². The molecule has 0 N–H and O–H groups in total. The molecule has 0 heterocycles. The first-order valence-corrected chi connectivity index (χ1v) is 5.92. The second-order valence-corrected chi connectivity index (χ2v) is 4.87. The molecular formula is C7H6Cl2O3S. The van der Waals surface area contributed by atoms with Crippen molar-refractivity contribution in [1.82, 2.24) is 0 Å². The van der Waals surface area contributed by atoms with Gasteiger partial charge in [0.2, 0.25) is 0 Å². The lowest BCUT2D eigenvalue weighted by molar-refractivity contribution is 0.318. The fraction of sp³-hybridized carbons (Fsp3) is 0.143. The summed E-state index contributed by atoms with van der Waals surface area (Å²) < 4.78 is 25.1. The Morgan fingerprint density at radius 1 is 1.23 bits per heavy atom. The molecule has 3 nitrogen and oxygen atoms in total. The molecule has 0 saturated heterocycles. The molecule has 0 spiro atoms. The molecular weight excluding hydrogens is 235 g/mol. The van der Waals surface area contributed by atoms with Crippen LogP contribution in [0.1, 0.15) is 5.56 Å². The molecule has 0 atom stereocenters. The van der Waals surface area contributed by atoms with Gasteiger partial charge in [0.15, 0.2) is 0 Å². The van der Waals surface area contributed by atoms with Gasteiger partial charge in [0, 0.05) is 15.7 Å². The van der Waals surface area contributed by atoms with Gasteiger partial charge in [0.1, 0.15) is 0 Å². The van der Waals surface area contributed by atoms with Crippen molar-refractivity contribution in [2.24, 2.45) is 0 Å². The van der Waals surface area contributed by atoms with Crippen LogP contribution in [0.3, 0.4) is 0 Å². The van der Waals surface area contributed by atoms with Gasteiger partial charge in [0.25, 0.3) is 0 Å². The van der Waals surface area contributed by atoms with E-state index in [1.165, 1.54) is 0 Å². The molecule has 1 aromatic rings. The minimum Gasteiger partial charge on any atom is -0.253 e. The van der Waals surface area contributed by atoms with Gasteiger partial charge in [-0.1, -0.05) is 23.7 Å². The molecule has 6 heteroatoms. The van der Waals surface area contributed by atoms with Crippen molar-refractivity contribution in [3.63, 3.8) is 0 Å². The smallest absolute Gasteiger partial charge is 0.253 e. The predicted molar refractivity (Wildman–Crippen MR) is 51.0 cm³/mol. The SMILES string of the molecule is O=S(=O)(Cl)OCc1ccc(Cl)cc1. The topological polar surface area (TPSA) is 43.4 Å². The highest BCUT2D eigenvalue weighted by Gasteiger charge is 2.04. The summed E-state index contributed by atoms with van der Waals surface area (Å²) in [7, 11) is 0.945. The summed E-state index contributed by atoms with van der Waals surface area (Å²) in [6, 6.07) is 6.59. The number of benzene rings is 1. The zero-order chi connectivity index (χ0) is 9.90. The van der Waals surface area contributed by atoms with Crippen molar-refractivity contribution in [3.05, 3.63) is 34.9 Å². The molecule has 0 unspecified atom stereocenters. The summed E-state index contributed by atoms with van der Waals surface area (Å²) in [5.74, 6) is 0. The summed E-state index contributed by atoms with van der Waals surface area (Å²) in [4.78, 5) is 0.